The molecule has 1 aromatic heterocycles. The third kappa shape index (κ3) is 3.59. The molecule has 20 heavy (non-hydrogen) atoms. The van der Waals surface area contributed by atoms with Crippen LogP contribution in [0.3, 0.4) is 0 Å². The SMILES string of the molecule is CCCCC(CC)CNc1nc(N)nc2ccccc12. The van der Waals surface area contributed by atoms with Crippen molar-refractivity contribution in [2.75, 3.05) is 17.6 Å². The molecule has 0 saturated heterocycles. The molecule has 0 aliphatic carbocycles. The van der Waals surface area contributed by atoms with Gasteiger partial charge in [-0.3, -0.25) is 0 Å². The van der Waals surface area contributed by atoms with E-state index < -0.39 is 0 Å². The van der Waals surface area contributed by atoms with Crippen LogP contribution in [0.25, 0.3) is 10.9 Å². The van der Waals surface area contributed by atoms with Crippen LogP contribution in [-0.2, 0) is 0 Å². The van der Waals surface area contributed by atoms with Crippen molar-refractivity contribution in [2.24, 2.45) is 5.92 Å². The highest BCUT2D eigenvalue weighted by Gasteiger charge is 2.09. The van der Waals surface area contributed by atoms with Crippen molar-refractivity contribution in [3.05, 3.63) is 24.3 Å². The third-order valence-electron chi connectivity index (χ3n) is 3.72. The van der Waals surface area contributed by atoms with Crippen LogP contribution in [0.4, 0.5) is 11.8 Å². The van der Waals surface area contributed by atoms with E-state index in [-0.39, 0.29) is 0 Å². The first kappa shape index (κ1) is 14.6. The maximum atomic E-state index is 5.78. The zero-order chi connectivity index (χ0) is 14.4. The smallest absolute Gasteiger partial charge is 0.222 e. The molecule has 1 unspecified atom stereocenters. The van der Waals surface area contributed by atoms with Gasteiger partial charge in [-0.25, -0.2) is 4.98 Å². The number of para-hydroxylation sites is 1. The van der Waals surface area contributed by atoms with Crippen molar-refractivity contribution in [2.45, 2.75) is 39.5 Å². The summed E-state index contributed by atoms with van der Waals surface area (Å²) in [5, 5.41) is 4.49. The van der Waals surface area contributed by atoms with Gasteiger partial charge in [0.05, 0.1) is 5.52 Å². The van der Waals surface area contributed by atoms with Crippen molar-refractivity contribution in [3.63, 3.8) is 0 Å². The summed E-state index contributed by atoms with van der Waals surface area (Å²) in [6.45, 7) is 5.42. The Morgan fingerprint density at radius 1 is 1.20 bits per heavy atom. The molecule has 4 heteroatoms. The van der Waals surface area contributed by atoms with E-state index in [9.17, 15) is 0 Å². The van der Waals surface area contributed by atoms with Gasteiger partial charge in [0, 0.05) is 11.9 Å². The number of nitrogens with zero attached hydrogens (tertiary/aromatic N) is 2. The monoisotopic (exact) mass is 272 g/mol. The van der Waals surface area contributed by atoms with Gasteiger partial charge >= 0.3 is 0 Å². The Bertz CT molecular complexity index is 553. The fourth-order valence-electron chi connectivity index (χ4n) is 2.41. The maximum absolute atomic E-state index is 5.78. The van der Waals surface area contributed by atoms with E-state index in [0.717, 1.165) is 23.3 Å². The molecular weight excluding hydrogens is 248 g/mol. The molecule has 0 spiro atoms. The molecular formula is C16H24N4. The second kappa shape index (κ2) is 7.08. The van der Waals surface area contributed by atoms with Crippen LogP contribution in [0.5, 0.6) is 0 Å². The highest BCUT2D eigenvalue weighted by molar-refractivity contribution is 5.89. The molecule has 0 radical (unpaired) electrons. The van der Waals surface area contributed by atoms with Crippen LogP contribution in [0.1, 0.15) is 39.5 Å². The summed E-state index contributed by atoms with van der Waals surface area (Å²) >= 11 is 0. The van der Waals surface area contributed by atoms with Crippen LogP contribution in [-0.4, -0.2) is 16.5 Å². The third-order valence-corrected chi connectivity index (χ3v) is 3.72. The number of benzene rings is 1. The van der Waals surface area contributed by atoms with Gasteiger partial charge < -0.3 is 11.1 Å². The minimum Gasteiger partial charge on any atom is -0.369 e. The van der Waals surface area contributed by atoms with E-state index in [2.05, 4.69) is 29.1 Å². The van der Waals surface area contributed by atoms with E-state index in [1.807, 2.05) is 24.3 Å². The molecule has 0 aliphatic rings. The van der Waals surface area contributed by atoms with Gasteiger partial charge in [-0.05, 0) is 24.5 Å². The molecule has 0 aliphatic heterocycles. The minimum atomic E-state index is 0.327. The number of nitrogen functional groups attached to an aromatic ring is 1. The van der Waals surface area contributed by atoms with Gasteiger partial charge in [-0.2, -0.15) is 4.98 Å². The minimum absolute atomic E-state index is 0.327. The lowest BCUT2D eigenvalue weighted by atomic mass is 9.99. The molecule has 2 rings (SSSR count). The van der Waals surface area contributed by atoms with Crippen LogP contribution in [0.15, 0.2) is 24.3 Å². The molecule has 0 saturated carbocycles. The second-order valence-electron chi connectivity index (χ2n) is 5.24. The zero-order valence-corrected chi connectivity index (χ0v) is 12.4. The number of hydrogen-bond donors (Lipinski definition) is 2. The number of rotatable bonds is 7. The van der Waals surface area contributed by atoms with Crippen molar-refractivity contribution in [3.8, 4) is 0 Å². The highest BCUT2D eigenvalue weighted by atomic mass is 15.1. The normalized spacial score (nSPS) is 12.5. The topological polar surface area (TPSA) is 63.8 Å². The first-order chi connectivity index (χ1) is 9.74. The summed E-state index contributed by atoms with van der Waals surface area (Å²) < 4.78 is 0. The molecule has 4 nitrogen and oxygen atoms in total. The Morgan fingerprint density at radius 3 is 2.75 bits per heavy atom. The first-order valence-electron chi connectivity index (χ1n) is 7.50. The van der Waals surface area contributed by atoms with E-state index in [1.165, 1.54) is 25.7 Å². The largest absolute Gasteiger partial charge is 0.369 e. The Balaban J connectivity index is 2.12. The van der Waals surface area contributed by atoms with Gasteiger partial charge in [0.15, 0.2) is 0 Å². The lowest BCUT2D eigenvalue weighted by molar-refractivity contribution is 0.472. The molecule has 0 bridgehead atoms. The molecule has 2 aromatic rings. The Labute approximate surface area is 120 Å². The summed E-state index contributed by atoms with van der Waals surface area (Å²) in [7, 11) is 0. The van der Waals surface area contributed by atoms with Gasteiger partial charge in [-0.15, -0.1) is 0 Å². The van der Waals surface area contributed by atoms with Crippen molar-refractivity contribution >= 4 is 22.7 Å². The molecule has 3 N–H and O–H groups in total. The molecule has 0 fully saturated rings. The lowest BCUT2D eigenvalue weighted by Crippen LogP contribution is -2.15. The van der Waals surface area contributed by atoms with Crippen molar-refractivity contribution < 1.29 is 0 Å². The zero-order valence-electron chi connectivity index (χ0n) is 12.4. The summed E-state index contributed by atoms with van der Waals surface area (Å²) in [6.07, 6.45) is 4.98. The van der Waals surface area contributed by atoms with Crippen LogP contribution >= 0.6 is 0 Å². The first-order valence-corrected chi connectivity index (χ1v) is 7.50. The lowest BCUT2D eigenvalue weighted by Gasteiger charge is -2.16. The number of aromatic nitrogens is 2. The molecule has 1 atom stereocenters. The second-order valence-corrected chi connectivity index (χ2v) is 5.24. The summed E-state index contributed by atoms with van der Waals surface area (Å²) in [6, 6.07) is 7.97. The van der Waals surface area contributed by atoms with Gasteiger partial charge in [0.1, 0.15) is 5.82 Å². The van der Waals surface area contributed by atoms with Gasteiger partial charge in [0.25, 0.3) is 0 Å². The average molecular weight is 272 g/mol. The number of unbranched alkanes of at least 4 members (excludes halogenated alkanes) is 1. The van der Waals surface area contributed by atoms with Gasteiger partial charge in [-0.1, -0.05) is 45.2 Å². The highest BCUT2D eigenvalue weighted by Crippen LogP contribution is 2.22. The number of fused-ring (bicyclic) bond motifs is 1. The maximum Gasteiger partial charge on any atom is 0.222 e. The molecule has 1 aromatic carbocycles. The quantitative estimate of drug-likeness (QED) is 0.803. The average Bonchev–Trinajstić information content (AvgIpc) is 2.47. The number of hydrogen-bond acceptors (Lipinski definition) is 4. The predicted octanol–water partition coefficient (Wildman–Crippen LogP) is 3.84. The fraction of sp³-hybridized carbons (Fsp3) is 0.500. The molecule has 108 valence electrons. The summed E-state index contributed by atoms with van der Waals surface area (Å²) in [5.74, 6) is 1.86. The van der Waals surface area contributed by atoms with E-state index in [4.69, 9.17) is 5.73 Å². The summed E-state index contributed by atoms with van der Waals surface area (Å²) in [4.78, 5) is 8.60. The van der Waals surface area contributed by atoms with E-state index in [1.54, 1.807) is 0 Å². The predicted molar refractivity (Wildman–Crippen MR) is 85.7 cm³/mol. The Kier molecular flexibility index (Phi) is 5.16. The van der Waals surface area contributed by atoms with Crippen molar-refractivity contribution in [1.82, 2.24) is 9.97 Å². The number of anilines is 2. The molecule has 0 amide bonds. The van der Waals surface area contributed by atoms with Crippen LogP contribution < -0.4 is 11.1 Å². The van der Waals surface area contributed by atoms with Crippen molar-refractivity contribution in [1.29, 1.82) is 0 Å². The molecule has 1 heterocycles. The van der Waals surface area contributed by atoms with E-state index >= 15 is 0 Å². The van der Waals surface area contributed by atoms with Crippen LogP contribution in [0.2, 0.25) is 0 Å². The van der Waals surface area contributed by atoms with Gasteiger partial charge in [0.2, 0.25) is 5.95 Å². The van der Waals surface area contributed by atoms with Crippen LogP contribution in [0, 0.1) is 5.92 Å². The Hall–Kier alpha value is -1.84. The standard InChI is InChI=1S/C16H24N4/c1-3-5-8-12(4-2)11-18-15-13-9-6-7-10-14(13)19-16(17)20-15/h6-7,9-10,12H,3-5,8,11H2,1-2H3,(H3,17,18,19,20). The van der Waals surface area contributed by atoms with E-state index in [0.29, 0.717) is 11.9 Å². The Morgan fingerprint density at radius 2 is 2.00 bits per heavy atom. The fourth-order valence-corrected chi connectivity index (χ4v) is 2.41. The number of nitrogens with two attached hydrogens (primary N) is 1. The summed E-state index contributed by atoms with van der Waals surface area (Å²) in [5.41, 5.74) is 6.67. The number of nitrogens with one attached hydrogen (secondary N) is 1.